The third kappa shape index (κ3) is 3.01. The molecular formula is C12H17ClN2O3S. The van der Waals surface area contributed by atoms with Gasteiger partial charge in [-0.15, -0.1) is 0 Å². The summed E-state index contributed by atoms with van der Waals surface area (Å²) in [5.41, 5.74) is -0.484. The average Bonchev–Trinajstić information content (AvgIpc) is 2.31. The number of aromatic nitrogens is 1. The van der Waals surface area contributed by atoms with Crippen LogP contribution in [-0.2, 0) is 10.0 Å². The van der Waals surface area contributed by atoms with Crippen LogP contribution in [0.25, 0.3) is 0 Å². The van der Waals surface area contributed by atoms with Gasteiger partial charge in [0.25, 0.3) is 5.56 Å². The van der Waals surface area contributed by atoms with Crippen molar-refractivity contribution < 1.29 is 8.42 Å². The van der Waals surface area contributed by atoms with E-state index in [0.29, 0.717) is 19.0 Å². The van der Waals surface area contributed by atoms with Gasteiger partial charge in [0, 0.05) is 19.3 Å². The standard InChI is InChI=1S/C12H17ClN2O3S/c1-2-15(8-9-4-3-5-9)19(17,18)10-6-11(13)12(16)14-7-10/h6-7,9H,2-5,8H2,1H3,(H,14,16). The molecule has 1 fully saturated rings. The molecule has 5 nitrogen and oxygen atoms in total. The number of hydrogen-bond acceptors (Lipinski definition) is 3. The number of sulfonamides is 1. The summed E-state index contributed by atoms with van der Waals surface area (Å²) in [7, 11) is -3.58. The molecule has 1 saturated carbocycles. The number of halogens is 1. The van der Waals surface area contributed by atoms with Gasteiger partial charge in [-0.2, -0.15) is 4.31 Å². The molecule has 106 valence electrons. The van der Waals surface area contributed by atoms with Crippen LogP contribution in [0, 0.1) is 5.92 Å². The van der Waals surface area contributed by atoms with E-state index < -0.39 is 15.6 Å². The molecule has 0 unspecified atom stereocenters. The van der Waals surface area contributed by atoms with Crippen LogP contribution < -0.4 is 5.56 Å². The molecule has 0 aromatic carbocycles. The van der Waals surface area contributed by atoms with Gasteiger partial charge in [0.15, 0.2) is 0 Å². The zero-order valence-corrected chi connectivity index (χ0v) is 12.3. The van der Waals surface area contributed by atoms with E-state index in [0.717, 1.165) is 12.8 Å². The Labute approximate surface area is 117 Å². The van der Waals surface area contributed by atoms with Crippen LogP contribution in [0.3, 0.4) is 0 Å². The van der Waals surface area contributed by atoms with E-state index in [1.807, 2.05) is 6.92 Å². The molecular weight excluding hydrogens is 288 g/mol. The van der Waals surface area contributed by atoms with Gasteiger partial charge in [-0.1, -0.05) is 24.9 Å². The number of aromatic amines is 1. The number of pyridine rings is 1. The van der Waals surface area contributed by atoms with E-state index in [4.69, 9.17) is 11.6 Å². The summed E-state index contributed by atoms with van der Waals surface area (Å²) in [6.07, 6.45) is 4.54. The van der Waals surface area contributed by atoms with Gasteiger partial charge in [0.2, 0.25) is 10.0 Å². The summed E-state index contributed by atoms with van der Waals surface area (Å²) in [6, 6.07) is 1.21. The minimum absolute atomic E-state index is 0.0401. The molecule has 1 aliphatic carbocycles. The zero-order valence-electron chi connectivity index (χ0n) is 10.7. The fraction of sp³-hybridized carbons (Fsp3) is 0.583. The molecule has 0 bridgehead atoms. The Kier molecular flexibility index (Phi) is 4.32. The van der Waals surface area contributed by atoms with Crippen molar-refractivity contribution in [3.05, 3.63) is 27.6 Å². The molecule has 1 aromatic heterocycles. The summed E-state index contributed by atoms with van der Waals surface area (Å²) in [5.74, 6) is 0.452. The van der Waals surface area contributed by atoms with Gasteiger partial charge < -0.3 is 4.98 Å². The summed E-state index contributed by atoms with van der Waals surface area (Å²) in [4.78, 5) is 13.6. The minimum atomic E-state index is -3.58. The van der Waals surface area contributed by atoms with Gasteiger partial charge in [-0.05, 0) is 24.8 Å². The number of rotatable bonds is 5. The molecule has 0 radical (unpaired) electrons. The van der Waals surface area contributed by atoms with Crippen LogP contribution in [0.4, 0.5) is 0 Å². The molecule has 1 aliphatic rings. The van der Waals surface area contributed by atoms with Crippen LogP contribution in [0.5, 0.6) is 0 Å². The Morgan fingerprint density at radius 2 is 2.16 bits per heavy atom. The second-order valence-corrected chi connectivity index (χ2v) is 7.11. The minimum Gasteiger partial charge on any atom is -0.326 e. The lowest BCUT2D eigenvalue weighted by atomic mass is 9.85. The van der Waals surface area contributed by atoms with Crippen LogP contribution in [0.1, 0.15) is 26.2 Å². The number of nitrogens with zero attached hydrogens (tertiary/aromatic N) is 1. The molecule has 0 aliphatic heterocycles. The van der Waals surface area contributed by atoms with Crippen LogP contribution in [0.2, 0.25) is 5.02 Å². The van der Waals surface area contributed by atoms with Gasteiger partial charge in [0.05, 0.1) is 4.90 Å². The Balaban J connectivity index is 2.27. The van der Waals surface area contributed by atoms with Crippen molar-refractivity contribution in [3.8, 4) is 0 Å². The maximum atomic E-state index is 12.4. The average molecular weight is 305 g/mol. The monoisotopic (exact) mass is 304 g/mol. The van der Waals surface area contributed by atoms with Gasteiger partial charge in [-0.25, -0.2) is 8.42 Å². The SMILES string of the molecule is CCN(CC1CCC1)S(=O)(=O)c1c[nH]c(=O)c(Cl)c1. The lowest BCUT2D eigenvalue weighted by Crippen LogP contribution is -2.37. The van der Waals surface area contributed by atoms with Crippen molar-refractivity contribution >= 4 is 21.6 Å². The molecule has 19 heavy (non-hydrogen) atoms. The first kappa shape index (κ1) is 14.6. The quantitative estimate of drug-likeness (QED) is 0.902. The van der Waals surface area contributed by atoms with Gasteiger partial charge in [0.1, 0.15) is 5.02 Å². The summed E-state index contributed by atoms with van der Waals surface area (Å²) < 4.78 is 26.3. The van der Waals surface area contributed by atoms with Crippen LogP contribution in [0.15, 0.2) is 22.0 Å². The van der Waals surface area contributed by atoms with Crippen LogP contribution in [-0.4, -0.2) is 30.8 Å². The summed E-state index contributed by atoms with van der Waals surface area (Å²) >= 11 is 5.69. The molecule has 1 aromatic rings. The number of H-pyrrole nitrogens is 1. The highest BCUT2D eigenvalue weighted by atomic mass is 35.5. The molecule has 1 heterocycles. The smallest absolute Gasteiger partial charge is 0.266 e. The van der Waals surface area contributed by atoms with E-state index in [2.05, 4.69) is 4.98 Å². The van der Waals surface area contributed by atoms with Crippen molar-refractivity contribution in [2.75, 3.05) is 13.1 Å². The Bertz CT molecular complexity index is 608. The Morgan fingerprint density at radius 1 is 1.47 bits per heavy atom. The first-order valence-corrected chi connectivity index (χ1v) is 8.15. The molecule has 0 atom stereocenters. The second kappa shape index (κ2) is 5.64. The van der Waals surface area contributed by atoms with Crippen molar-refractivity contribution in [2.24, 2.45) is 5.92 Å². The lowest BCUT2D eigenvalue weighted by molar-refractivity contribution is 0.250. The molecule has 0 amide bonds. The Morgan fingerprint density at radius 3 is 2.63 bits per heavy atom. The van der Waals surface area contributed by atoms with E-state index in [1.165, 1.54) is 23.0 Å². The van der Waals surface area contributed by atoms with Crippen molar-refractivity contribution in [1.29, 1.82) is 0 Å². The first-order chi connectivity index (χ1) is 8.95. The summed E-state index contributed by atoms with van der Waals surface area (Å²) in [5, 5.41) is -0.110. The van der Waals surface area contributed by atoms with E-state index in [9.17, 15) is 13.2 Å². The van der Waals surface area contributed by atoms with Gasteiger partial charge in [-0.3, -0.25) is 4.79 Å². The number of nitrogens with one attached hydrogen (secondary N) is 1. The maximum Gasteiger partial charge on any atom is 0.266 e. The first-order valence-electron chi connectivity index (χ1n) is 6.33. The third-order valence-electron chi connectivity index (χ3n) is 3.51. The topological polar surface area (TPSA) is 70.2 Å². The highest BCUT2D eigenvalue weighted by Gasteiger charge is 2.28. The van der Waals surface area contributed by atoms with E-state index >= 15 is 0 Å². The number of hydrogen-bond donors (Lipinski definition) is 1. The summed E-state index contributed by atoms with van der Waals surface area (Å²) in [6.45, 7) is 2.76. The fourth-order valence-corrected chi connectivity index (χ4v) is 3.85. The highest BCUT2D eigenvalue weighted by Crippen LogP contribution is 2.29. The predicted octanol–water partition coefficient (Wildman–Crippen LogP) is 1.84. The van der Waals surface area contributed by atoms with Crippen LogP contribution >= 0.6 is 11.6 Å². The van der Waals surface area contributed by atoms with Crippen molar-refractivity contribution in [1.82, 2.24) is 9.29 Å². The maximum absolute atomic E-state index is 12.4. The largest absolute Gasteiger partial charge is 0.326 e. The molecule has 0 spiro atoms. The molecule has 1 N–H and O–H groups in total. The third-order valence-corrected chi connectivity index (χ3v) is 5.71. The molecule has 0 saturated heterocycles. The van der Waals surface area contributed by atoms with Gasteiger partial charge >= 0.3 is 0 Å². The molecule has 2 rings (SSSR count). The van der Waals surface area contributed by atoms with Crippen molar-refractivity contribution in [3.63, 3.8) is 0 Å². The lowest BCUT2D eigenvalue weighted by Gasteiger charge is -2.31. The fourth-order valence-electron chi connectivity index (χ4n) is 2.10. The van der Waals surface area contributed by atoms with E-state index in [-0.39, 0.29) is 9.92 Å². The Hall–Kier alpha value is -0.850. The van der Waals surface area contributed by atoms with E-state index in [1.54, 1.807) is 0 Å². The normalized spacial score (nSPS) is 16.6. The van der Waals surface area contributed by atoms with Crippen molar-refractivity contribution in [2.45, 2.75) is 31.1 Å². The second-order valence-electron chi connectivity index (χ2n) is 4.77. The molecule has 7 heteroatoms. The zero-order chi connectivity index (χ0) is 14.0. The predicted molar refractivity (Wildman–Crippen MR) is 73.8 cm³/mol. The highest BCUT2D eigenvalue weighted by molar-refractivity contribution is 7.89.